The summed E-state index contributed by atoms with van der Waals surface area (Å²) < 4.78 is 7.84. The van der Waals surface area contributed by atoms with Gasteiger partial charge in [0.15, 0.2) is 0 Å². The number of carbonyl (C=O) groups excluding carboxylic acids is 1. The number of ether oxygens (including phenoxy) is 1. The fraction of sp³-hybridized carbons (Fsp3) is 0.600. The van der Waals surface area contributed by atoms with Crippen LogP contribution in [0, 0.1) is 6.92 Å². The predicted octanol–water partition coefficient (Wildman–Crippen LogP) is 6.72. The second-order valence-corrected chi connectivity index (χ2v) is 12.3. The van der Waals surface area contributed by atoms with Crippen molar-refractivity contribution < 1.29 is 9.53 Å². The van der Waals surface area contributed by atoms with Gasteiger partial charge in [-0.1, -0.05) is 94.8 Å². The molecule has 2 aliphatic rings. The Morgan fingerprint density at radius 2 is 1.82 bits per heavy atom. The Labute approximate surface area is 241 Å². The van der Waals surface area contributed by atoms with Crippen molar-refractivity contribution in [2.75, 3.05) is 25.0 Å². The minimum Gasteiger partial charge on any atom is -0.376 e. The molecule has 1 amide bonds. The van der Waals surface area contributed by atoms with E-state index in [0.29, 0.717) is 39.3 Å². The fourth-order valence-corrected chi connectivity index (χ4v) is 6.41. The van der Waals surface area contributed by atoms with Crippen molar-refractivity contribution in [1.29, 1.82) is 0 Å². The van der Waals surface area contributed by atoms with Crippen LogP contribution in [0.15, 0.2) is 28.0 Å². The molecule has 2 fully saturated rings. The molecule has 39 heavy (non-hydrogen) atoms. The fourth-order valence-electron chi connectivity index (χ4n) is 5.12. The maximum Gasteiger partial charge on any atom is 0.267 e. The Morgan fingerprint density at radius 3 is 2.51 bits per heavy atom. The normalized spacial score (nSPS) is 18.7. The lowest BCUT2D eigenvalue weighted by Crippen LogP contribution is -2.29. The smallest absolute Gasteiger partial charge is 0.267 e. The summed E-state index contributed by atoms with van der Waals surface area (Å²) in [5.74, 6) is 0.346. The molecule has 0 radical (unpaired) electrons. The van der Waals surface area contributed by atoms with Crippen molar-refractivity contribution in [3.8, 4) is 0 Å². The van der Waals surface area contributed by atoms with Crippen LogP contribution in [-0.2, 0) is 9.53 Å². The van der Waals surface area contributed by atoms with Gasteiger partial charge in [-0.3, -0.25) is 18.9 Å². The number of hydrogen-bond acceptors (Lipinski definition) is 7. The van der Waals surface area contributed by atoms with E-state index in [1.807, 2.05) is 19.1 Å². The summed E-state index contributed by atoms with van der Waals surface area (Å²) in [6.07, 6.45) is 18.0. The van der Waals surface area contributed by atoms with Crippen LogP contribution in [0.25, 0.3) is 11.7 Å². The number of rotatable bonds is 15. The predicted molar refractivity (Wildman–Crippen MR) is 165 cm³/mol. The van der Waals surface area contributed by atoms with Crippen molar-refractivity contribution in [2.24, 2.45) is 0 Å². The summed E-state index contributed by atoms with van der Waals surface area (Å²) in [7, 11) is 0. The molecule has 2 aliphatic heterocycles. The van der Waals surface area contributed by atoms with Crippen molar-refractivity contribution in [2.45, 2.75) is 97.0 Å². The first-order valence-corrected chi connectivity index (χ1v) is 15.8. The zero-order valence-corrected chi connectivity index (χ0v) is 25.0. The number of anilines is 1. The molecule has 2 aromatic heterocycles. The quantitative estimate of drug-likeness (QED) is 0.145. The molecule has 212 valence electrons. The SMILES string of the molecule is CCCCCCCCCCCCN1C(=O)/C(=C\c2c(NCC3CCCO3)nc3ccc(C)cn3c2=O)SC1=S. The third-order valence-electron chi connectivity index (χ3n) is 7.41. The molecule has 1 atom stereocenters. The highest BCUT2D eigenvalue weighted by molar-refractivity contribution is 8.26. The largest absolute Gasteiger partial charge is 0.376 e. The van der Waals surface area contributed by atoms with Gasteiger partial charge >= 0.3 is 0 Å². The van der Waals surface area contributed by atoms with Gasteiger partial charge < -0.3 is 10.1 Å². The van der Waals surface area contributed by atoms with Gasteiger partial charge in [0, 0.05) is 25.9 Å². The number of carbonyl (C=O) groups is 1. The highest BCUT2D eigenvalue weighted by atomic mass is 32.2. The zero-order chi connectivity index (χ0) is 27.6. The number of nitrogens with one attached hydrogen (secondary N) is 1. The number of thioether (sulfide) groups is 1. The second-order valence-electron chi connectivity index (χ2n) is 10.6. The Hall–Kier alpha value is -2.23. The number of unbranched alkanes of at least 4 members (excludes halogenated alkanes) is 9. The van der Waals surface area contributed by atoms with E-state index in [9.17, 15) is 9.59 Å². The van der Waals surface area contributed by atoms with Gasteiger partial charge in [0.2, 0.25) is 0 Å². The highest BCUT2D eigenvalue weighted by Gasteiger charge is 2.32. The molecule has 1 unspecified atom stereocenters. The Kier molecular flexibility index (Phi) is 11.4. The topological polar surface area (TPSA) is 75.9 Å². The maximum absolute atomic E-state index is 13.6. The molecule has 0 aromatic carbocycles. The molecule has 1 N–H and O–H groups in total. The number of thiocarbonyl (C=S) groups is 1. The number of pyridine rings is 1. The molecular weight excluding hydrogens is 528 g/mol. The minimum atomic E-state index is -0.210. The Bertz CT molecular complexity index is 1240. The van der Waals surface area contributed by atoms with Crippen molar-refractivity contribution in [3.05, 3.63) is 44.7 Å². The van der Waals surface area contributed by atoms with Gasteiger partial charge in [0.05, 0.1) is 16.6 Å². The van der Waals surface area contributed by atoms with Gasteiger partial charge in [-0.25, -0.2) is 4.98 Å². The molecule has 2 aromatic rings. The van der Waals surface area contributed by atoms with Crippen molar-refractivity contribution in [1.82, 2.24) is 14.3 Å². The molecular formula is C30H42N4O3S2. The lowest BCUT2D eigenvalue weighted by Gasteiger charge is -2.15. The Morgan fingerprint density at radius 1 is 1.10 bits per heavy atom. The lowest BCUT2D eigenvalue weighted by molar-refractivity contribution is -0.122. The van der Waals surface area contributed by atoms with E-state index in [2.05, 4.69) is 12.2 Å². The lowest BCUT2D eigenvalue weighted by atomic mass is 10.1. The van der Waals surface area contributed by atoms with Crippen LogP contribution in [0.1, 0.15) is 95.1 Å². The first-order valence-electron chi connectivity index (χ1n) is 14.6. The summed E-state index contributed by atoms with van der Waals surface area (Å²) in [6.45, 7) is 6.13. The minimum absolute atomic E-state index is 0.0930. The summed E-state index contributed by atoms with van der Waals surface area (Å²) in [4.78, 5) is 33.8. The number of aromatic nitrogens is 2. The van der Waals surface area contributed by atoms with Crippen LogP contribution in [0.3, 0.4) is 0 Å². The standard InChI is InChI=1S/C30H42N4O3S2/c1-3-4-5-6-7-8-9-10-11-12-17-33-29(36)25(39-30(33)38)19-24-27(31-20-23-14-13-18-37-23)32-26-16-15-22(2)21-34(26)28(24)35/h15-16,19,21,23,31H,3-14,17-18,20H2,1-2H3/b25-19+. The molecule has 9 heteroatoms. The molecule has 2 saturated heterocycles. The average Bonchev–Trinajstić information content (AvgIpc) is 3.54. The molecule has 7 nitrogen and oxygen atoms in total. The van der Waals surface area contributed by atoms with Crippen LogP contribution in [0.4, 0.5) is 5.82 Å². The Balaban J connectivity index is 1.40. The zero-order valence-electron chi connectivity index (χ0n) is 23.4. The van der Waals surface area contributed by atoms with Gasteiger partial charge in [0.1, 0.15) is 15.8 Å². The summed E-state index contributed by atoms with van der Waals surface area (Å²) >= 11 is 6.83. The van der Waals surface area contributed by atoms with E-state index in [1.54, 1.807) is 21.6 Å². The summed E-state index contributed by atoms with van der Waals surface area (Å²) in [5, 5.41) is 3.33. The van der Waals surface area contributed by atoms with Gasteiger partial charge in [-0.05, 0) is 43.9 Å². The molecule has 0 aliphatic carbocycles. The van der Waals surface area contributed by atoms with Crippen molar-refractivity contribution >= 4 is 51.7 Å². The van der Waals surface area contributed by atoms with E-state index in [4.69, 9.17) is 21.9 Å². The highest BCUT2D eigenvalue weighted by Crippen LogP contribution is 2.33. The van der Waals surface area contributed by atoms with E-state index in [-0.39, 0.29) is 17.6 Å². The average molecular weight is 571 g/mol. The van der Waals surface area contributed by atoms with Gasteiger partial charge in [-0.2, -0.15) is 0 Å². The number of amides is 1. The molecule has 0 bridgehead atoms. The van der Waals surface area contributed by atoms with Crippen LogP contribution in [-0.4, -0.2) is 50.3 Å². The third kappa shape index (κ3) is 8.14. The summed E-state index contributed by atoms with van der Waals surface area (Å²) in [6, 6.07) is 3.77. The monoisotopic (exact) mass is 570 g/mol. The first-order chi connectivity index (χ1) is 19.0. The van der Waals surface area contributed by atoms with Crippen LogP contribution in [0.2, 0.25) is 0 Å². The van der Waals surface area contributed by atoms with Crippen LogP contribution < -0.4 is 10.9 Å². The van der Waals surface area contributed by atoms with E-state index in [0.717, 1.165) is 37.9 Å². The second kappa shape index (κ2) is 15.0. The number of aryl methyl sites for hydroxylation is 1. The van der Waals surface area contributed by atoms with E-state index >= 15 is 0 Å². The van der Waals surface area contributed by atoms with E-state index in [1.165, 1.54) is 63.1 Å². The summed E-state index contributed by atoms with van der Waals surface area (Å²) in [5.41, 5.74) is 1.68. The van der Waals surface area contributed by atoms with Crippen LogP contribution >= 0.6 is 24.0 Å². The van der Waals surface area contributed by atoms with Crippen molar-refractivity contribution in [3.63, 3.8) is 0 Å². The number of nitrogens with zero attached hydrogens (tertiary/aromatic N) is 3. The third-order valence-corrected chi connectivity index (χ3v) is 8.79. The van der Waals surface area contributed by atoms with E-state index < -0.39 is 0 Å². The van der Waals surface area contributed by atoms with Gasteiger partial charge in [0.25, 0.3) is 11.5 Å². The molecule has 4 rings (SSSR count). The molecule has 4 heterocycles. The first kappa shape index (κ1) is 29.7. The van der Waals surface area contributed by atoms with Gasteiger partial charge in [-0.15, -0.1) is 0 Å². The van der Waals surface area contributed by atoms with Crippen LogP contribution in [0.5, 0.6) is 0 Å². The maximum atomic E-state index is 13.6. The number of fused-ring (bicyclic) bond motifs is 1. The molecule has 0 spiro atoms. The molecule has 0 saturated carbocycles. The number of hydrogen-bond donors (Lipinski definition) is 1.